The zero-order valence-electron chi connectivity index (χ0n) is 15.9. The second-order valence-corrected chi connectivity index (χ2v) is 11.3. The van der Waals surface area contributed by atoms with E-state index in [1.165, 1.54) is 19.1 Å². The van der Waals surface area contributed by atoms with E-state index in [1.54, 1.807) is 12.1 Å². The van der Waals surface area contributed by atoms with E-state index in [0.717, 1.165) is 18.4 Å². The van der Waals surface area contributed by atoms with Gasteiger partial charge in [-0.15, -0.1) is 0 Å². The van der Waals surface area contributed by atoms with Crippen molar-refractivity contribution in [3.8, 4) is 0 Å². The molecule has 2 rings (SSSR count). The molecular formula is C16H26O9S3-2. The molecule has 0 bridgehead atoms. The van der Waals surface area contributed by atoms with Crippen LogP contribution in [-0.2, 0) is 30.4 Å². The van der Waals surface area contributed by atoms with Gasteiger partial charge in [0.15, 0.2) is 0 Å². The van der Waals surface area contributed by atoms with Gasteiger partial charge in [0.1, 0.15) is 0 Å². The number of aryl methyl sites for hydroxylation is 1. The van der Waals surface area contributed by atoms with E-state index < -0.39 is 35.6 Å². The van der Waals surface area contributed by atoms with E-state index in [9.17, 15) is 34.4 Å². The molecule has 0 spiro atoms. The van der Waals surface area contributed by atoms with Crippen molar-refractivity contribution in [3.05, 3.63) is 29.8 Å². The highest BCUT2D eigenvalue weighted by molar-refractivity contribution is 7.86. The lowest BCUT2D eigenvalue weighted by atomic mass is 9.91. The first-order valence-corrected chi connectivity index (χ1v) is 13.0. The van der Waals surface area contributed by atoms with Crippen molar-refractivity contribution in [3.63, 3.8) is 0 Å². The van der Waals surface area contributed by atoms with Crippen LogP contribution in [0, 0.1) is 12.8 Å². The lowest BCUT2D eigenvalue weighted by molar-refractivity contribution is 0.359. The summed E-state index contributed by atoms with van der Waals surface area (Å²) in [5.41, 5.74) is 0.956. The van der Waals surface area contributed by atoms with Crippen LogP contribution in [0.3, 0.4) is 0 Å². The summed E-state index contributed by atoms with van der Waals surface area (Å²) in [6.45, 7) is 5.24. The van der Waals surface area contributed by atoms with Crippen LogP contribution in [0.15, 0.2) is 29.2 Å². The van der Waals surface area contributed by atoms with Crippen LogP contribution >= 0.6 is 0 Å². The first-order valence-electron chi connectivity index (χ1n) is 8.48. The lowest BCUT2D eigenvalue weighted by Gasteiger charge is -2.27. The molecule has 0 radical (unpaired) electrons. The average Bonchev–Trinajstić information content (AvgIpc) is 2.54. The quantitative estimate of drug-likeness (QED) is 0.664. The Hall–Kier alpha value is -1.05. The van der Waals surface area contributed by atoms with Gasteiger partial charge in [-0.25, -0.2) is 16.8 Å². The standard InChI is InChI=1S/C7H14O3S.C7H8O3S.C2H6O3S/c2*1-6-2-4-7(5-3-6)11(8,9)10;1-2-6(3,4)5/h6-7H,2-5H2,1H3,(H,8,9,10);2-5H,1H3,(H,8,9,10);2H2,1H3,(H,3,4,5)/p-2. The third-order valence-corrected chi connectivity index (χ3v) is 6.91. The first-order chi connectivity index (χ1) is 12.6. The minimum Gasteiger partial charge on any atom is -0.748 e. The molecule has 1 aromatic rings. The minimum absolute atomic E-state index is 0.0666. The van der Waals surface area contributed by atoms with Crippen molar-refractivity contribution < 1.29 is 38.9 Å². The molecule has 1 aliphatic carbocycles. The second-order valence-electron chi connectivity index (χ2n) is 6.51. The largest absolute Gasteiger partial charge is 0.748 e. The molecule has 28 heavy (non-hydrogen) atoms. The fourth-order valence-electron chi connectivity index (χ4n) is 2.23. The van der Waals surface area contributed by atoms with Crippen molar-refractivity contribution in [1.29, 1.82) is 0 Å². The van der Waals surface area contributed by atoms with E-state index >= 15 is 0 Å². The summed E-state index contributed by atoms with van der Waals surface area (Å²) < 4.78 is 89.5. The molecule has 1 saturated carbocycles. The minimum atomic E-state index is -4.02. The smallest absolute Gasteiger partial charge is 0.294 e. The van der Waals surface area contributed by atoms with E-state index in [4.69, 9.17) is 4.55 Å². The second kappa shape index (κ2) is 11.2. The molecule has 0 aliphatic heterocycles. The summed E-state index contributed by atoms with van der Waals surface area (Å²) >= 11 is 0. The Bertz CT molecular complexity index is 895. The van der Waals surface area contributed by atoms with E-state index in [-0.39, 0.29) is 10.6 Å². The summed E-state index contributed by atoms with van der Waals surface area (Å²) in [6.07, 6.45) is 2.89. The van der Waals surface area contributed by atoms with Crippen LogP contribution in [0.1, 0.15) is 45.1 Å². The Morgan fingerprint density at radius 3 is 1.61 bits per heavy atom. The number of hydrogen-bond donors (Lipinski definition) is 1. The van der Waals surface area contributed by atoms with Gasteiger partial charge in [0.25, 0.3) is 10.1 Å². The molecule has 0 heterocycles. The summed E-state index contributed by atoms with van der Waals surface area (Å²) in [7, 11) is -11.9. The highest BCUT2D eigenvalue weighted by Crippen LogP contribution is 2.27. The third-order valence-electron chi connectivity index (χ3n) is 4.04. The van der Waals surface area contributed by atoms with Crippen LogP contribution in [0.5, 0.6) is 0 Å². The molecule has 0 atom stereocenters. The predicted molar refractivity (Wildman–Crippen MR) is 102 cm³/mol. The Morgan fingerprint density at radius 1 is 0.929 bits per heavy atom. The van der Waals surface area contributed by atoms with E-state index in [0.29, 0.717) is 18.8 Å². The van der Waals surface area contributed by atoms with Crippen molar-refractivity contribution in [2.24, 2.45) is 5.92 Å². The monoisotopic (exact) mass is 458 g/mol. The van der Waals surface area contributed by atoms with Crippen LogP contribution in [-0.4, -0.2) is 49.9 Å². The molecule has 0 unspecified atom stereocenters. The summed E-state index contributed by atoms with van der Waals surface area (Å²) in [4.78, 5) is -0.0666. The molecule has 1 aromatic carbocycles. The van der Waals surface area contributed by atoms with E-state index in [2.05, 4.69) is 6.92 Å². The normalized spacial score (nSPS) is 20.2. The highest BCUT2D eigenvalue weighted by atomic mass is 32.2. The van der Waals surface area contributed by atoms with Gasteiger partial charge < -0.3 is 9.11 Å². The van der Waals surface area contributed by atoms with Crippen LogP contribution in [0.4, 0.5) is 0 Å². The van der Waals surface area contributed by atoms with Crippen LogP contribution in [0.25, 0.3) is 0 Å². The average molecular weight is 459 g/mol. The van der Waals surface area contributed by atoms with Crippen molar-refractivity contribution in [1.82, 2.24) is 0 Å². The Labute approximate surface area is 167 Å². The molecule has 9 nitrogen and oxygen atoms in total. The van der Waals surface area contributed by atoms with Gasteiger partial charge in [0, 0.05) is 11.0 Å². The maximum absolute atomic E-state index is 10.5. The topological polar surface area (TPSA) is 169 Å². The molecule has 0 saturated heterocycles. The van der Waals surface area contributed by atoms with Crippen molar-refractivity contribution in [2.75, 3.05) is 5.75 Å². The number of rotatable bonds is 3. The molecule has 164 valence electrons. The zero-order valence-corrected chi connectivity index (χ0v) is 18.4. The van der Waals surface area contributed by atoms with Gasteiger partial charge in [-0.1, -0.05) is 31.5 Å². The van der Waals surface area contributed by atoms with E-state index in [1.807, 2.05) is 6.92 Å². The van der Waals surface area contributed by atoms with Gasteiger partial charge >= 0.3 is 0 Å². The zero-order chi connectivity index (χ0) is 22.2. The fourth-order valence-corrected chi connectivity index (χ4v) is 3.56. The summed E-state index contributed by atoms with van der Waals surface area (Å²) in [6, 6.07) is 5.99. The van der Waals surface area contributed by atoms with Crippen molar-refractivity contribution in [2.45, 2.75) is 56.6 Å². The number of benzene rings is 1. The maximum atomic E-state index is 10.5. The highest BCUT2D eigenvalue weighted by Gasteiger charge is 2.22. The van der Waals surface area contributed by atoms with Gasteiger partial charge in [0.05, 0.1) is 25.1 Å². The van der Waals surface area contributed by atoms with Crippen molar-refractivity contribution >= 4 is 30.4 Å². The van der Waals surface area contributed by atoms with Crippen LogP contribution in [0.2, 0.25) is 0 Å². The predicted octanol–water partition coefficient (Wildman–Crippen LogP) is 1.90. The Kier molecular flexibility index (Phi) is 10.8. The summed E-state index contributed by atoms with van der Waals surface area (Å²) in [5.74, 6) is 0.278. The van der Waals surface area contributed by atoms with Gasteiger partial charge in [-0.2, -0.15) is 8.42 Å². The van der Waals surface area contributed by atoms with Gasteiger partial charge in [-0.05, 0) is 50.7 Å². The Balaban J connectivity index is 0.000000411. The lowest BCUT2D eigenvalue weighted by Crippen LogP contribution is -2.25. The SMILES string of the molecule is CC1CCC(S(=O)(=O)[O-])CC1.CCS(=O)(=O)[O-].Cc1ccc(S(=O)(=O)O)cc1. The molecule has 0 aromatic heterocycles. The number of hydrogen-bond acceptors (Lipinski definition) is 8. The Morgan fingerprint density at radius 2 is 1.32 bits per heavy atom. The molecule has 1 N–H and O–H groups in total. The summed E-state index contributed by atoms with van der Waals surface area (Å²) in [5, 5.41) is -0.598. The van der Waals surface area contributed by atoms with Gasteiger partial charge in [-0.3, -0.25) is 4.55 Å². The third kappa shape index (κ3) is 12.4. The molecule has 12 heteroatoms. The fraction of sp³-hybridized carbons (Fsp3) is 0.625. The molecule has 1 fully saturated rings. The first kappa shape index (κ1) is 27.0. The molecule has 1 aliphatic rings. The molecule has 0 amide bonds. The molecular weight excluding hydrogens is 432 g/mol. The van der Waals surface area contributed by atoms with Gasteiger partial charge in [0.2, 0.25) is 0 Å². The van der Waals surface area contributed by atoms with Crippen LogP contribution < -0.4 is 0 Å². The maximum Gasteiger partial charge on any atom is 0.294 e.